The molecule has 1 unspecified atom stereocenters. The Kier molecular flexibility index (Phi) is 4.98. The number of carbonyl (C=O) groups is 1. The predicted molar refractivity (Wildman–Crippen MR) is 80.2 cm³/mol. The summed E-state index contributed by atoms with van der Waals surface area (Å²) < 4.78 is 0. The van der Waals surface area contributed by atoms with E-state index >= 15 is 0 Å². The van der Waals surface area contributed by atoms with Crippen molar-refractivity contribution in [3.63, 3.8) is 0 Å². The SMILES string of the molecule is NC(N)=NC(Cc1ccccc1)C(=O)N1CCCCC1. The van der Waals surface area contributed by atoms with E-state index < -0.39 is 6.04 Å². The van der Waals surface area contributed by atoms with Crippen molar-refractivity contribution in [3.05, 3.63) is 35.9 Å². The van der Waals surface area contributed by atoms with Crippen molar-refractivity contribution in [1.82, 2.24) is 4.90 Å². The Labute approximate surface area is 119 Å². The number of nitrogens with zero attached hydrogens (tertiary/aromatic N) is 2. The molecule has 0 aliphatic carbocycles. The van der Waals surface area contributed by atoms with Gasteiger partial charge in [0.1, 0.15) is 6.04 Å². The van der Waals surface area contributed by atoms with Crippen molar-refractivity contribution in [1.29, 1.82) is 0 Å². The third-order valence-electron chi connectivity index (χ3n) is 3.53. The van der Waals surface area contributed by atoms with Gasteiger partial charge in [0, 0.05) is 19.5 Å². The van der Waals surface area contributed by atoms with E-state index in [0.29, 0.717) is 6.42 Å². The Balaban J connectivity index is 2.10. The zero-order chi connectivity index (χ0) is 14.4. The third-order valence-corrected chi connectivity index (χ3v) is 3.53. The molecule has 0 spiro atoms. The maximum atomic E-state index is 12.5. The smallest absolute Gasteiger partial charge is 0.247 e. The minimum absolute atomic E-state index is 0.0296. The summed E-state index contributed by atoms with van der Waals surface area (Å²) in [6.45, 7) is 1.62. The molecule has 4 N–H and O–H groups in total. The topological polar surface area (TPSA) is 84.7 Å². The monoisotopic (exact) mass is 274 g/mol. The lowest BCUT2D eigenvalue weighted by molar-refractivity contribution is -0.133. The highest BCUT2D eigenvalue weighted by atomic mass is 16.2. The number of benzene rings is 1. The fourth-order valence-electron chi connectivity index (χ4n) is 2.53. The van der Waals surface area contributed by atoms with Crippen LogP contribution in [0.1, 0.15) is 24.8 Å². The van der Waals surface area contributed by atoms with Crippen molar-refractivity contribution in [2.24, 2.45) is 16.5 Å². The van der Waals surface area contributed by atoms with Crippen LogP contribution in [-0.4, -0.2) is 35.9 Å². The molecule has 1 aliphatic rings. The van der Waals surface area contributed by atoms with Gasteiger partial charge in [-0.2, -0.15) is 0 Å². The summed E-state index contributed by atoms with van der Waals surface area (Å²) in [4.78, 5) is 18.6. The maximum Gasteiger partial charge on any atom is 0.247 e. The number of aliphatic imine (C=N–C) groups is 1. The molecule has 2 rings (SSSR count). The molecule has 20 heavy (non-hydrogen) atoms. The predicted octanol–water partition coefficient (Wildman–Crippen LogP) is 0.884. The quantitative estimate of drug-likeness (QED) is 0.631. The van der Waals surface area contributed by atoms with Crippen LogP contribution < -0.4 is 11.5 Å². The third kappa shape index (κ3) is 3.98. The molecular weight excluding hydrogens is 252 g/mol. The number of carbonyl (C=O) groups excluding carboxylic acids is 1. The maximum absolute atomic E-state index is 12.5. The van der Waals surface area contributed by atoms with Gasteiger partial charge in [-0.25, -0.2) is 4.99 Å². The van der Waals surface area contributed by atoms with E-state index in [0.717, 1.165) is 31.5 Å². The Morgan fingerprint density at radius 1 is 1.15 bits per heavy atom. The van der Waals surface area contributed by atoms with Gasteiger partial charge >= 0.3 is 0 Å². The first-order valence-electron chi connectivity index (χ1n) is 7.08. The molecule has 1 heterocycles. The molecular formula is C15H22N4O. The molecule has 0 bridgehead atoms. The zero-order valence-corrected chi connectivity index (χ0v) is 11.7. The standard InChI is InChI=1S/C15H22N4O/c16-15(17)18-13(11-12-7-3-1-4-8-12)14(20)19-9-5-2-6-10-19/h1,3-4,7-8,13H,2,5-6,9-11H2,(H4,16,17,18). The summed E-state index contributed by atoms with van der Waals surface area (Å²) in [6, 6.07) is 9.31. The van der Waals surface area contributed by atoms with Gasteiger partial charge in [-0.05, 0) is 24.8 Å². The van der Waals surface area contributed by atoms with Crippen LogP contribution in [0.2, 0.25) is 0 Å². The number of guanidine groups is 1. The summed E-state index contributed by atoms with van der Waals surface area (Å²) >= 11 is 0. The van der Waals surface area contributed by atoms with E-state index in [-0.39, 0.29) is 11.9 Å². The van der Waals surface area contributed by atoms with Crippen LogP contribution in [0.5, 0.6) is 0 Å². The van der Waals surface area contributed by atoms with Gasteiger partial charge in [-0.1, -0.05) is 30.3 Å². The van der Waals surface area contributed by atoms with Gasteiger partial charge in [0.2, 0.25) is 5.91 Å². The van der Waals surface area contributed by atoms with Crippen LogP contribution in [0.25, 0.3) is 0 Å². The normalized spacial score (nSPS) is 16.5. The molecule has 1 aliphatic heterocycles. The molecule has 0 aromatic heterocycles. The van der Waals surface area contributed by atoms with Crippen molar-refractivity contribution in [2.45, 2.75) is 31.7 Å². The minimum Gasteiger partial charge on any atom is -0.370 e. The average Bonchev–Trinajstić information content (AvgIpc) is 2.47. The van der Waals surface area contributed by atoms with Crippen LogP contribution in [0.15, 0.2) is 35.3 Å². The van der Waals surface area contributed by atoms with E-state index in [1.165, 1.54) is 6.42 Å². The fraction of sp³-hybridized carbons (Fsp3) is 0.467. The van der Waals surface area contributed by atoms with E-state index in [4.69, 9.17) is 11.5 Å². The van der Waals surface area contributed by atoms with E-state index in [1.54, 1.807) is 0 Å². The lowest BCUT2D eigenvalue weighted by atomic mass is 10.0. The van der Waals surface area contributed by atoms with Gasteiger partial charge < -0.3 is 16.4 Å². The largest absolute Gasteiger partial charge is 0.370 e. The van der Waals surface area contributed by atoms with Crippen molar-refractivity contribution < 1.29 is 4.79 Å². The molecule has 108 valence electrons. The van der Waals surface area contributed by atoms with E-state index in [1.807, 2.05) is 35.2 Å². The number of piperidine rings is 1. The fourth-order valence-corrected chi connectivity index (χ4v) is 2.53. The zero-order valence-electron chi connectivity index (χ0n) is 11.7. The average molecular weight is 274 g/mol. The Morgan fingerprint density at radius 2 is 1.80 bits per heavy atom. The Hall–Kier alpha value is -2.04. The summed E-state index contributed by atoms with van der Waals surface area (Å²) in [5.41, 5.74) is 12.0. The highest BCUT2D eigenvalue weighted by molar-refractivity contribution is 5.86. The van der Waals surface area contributed by atoms with Gasteiger partial charge in [-0.3, -0.25) is 4.79 Å². The molecule has 1 amide bonds. The first-order chi connectivity index (χ1) is 9.66. The van der Waals surface area contributed by atoms with Gasteiger partial charge in [-0.15, -0.1) is 0 Å². The highest BCUT2D eigenvalue weighted by Crippen LogP contribution is 2.14. The summed E-state index contributed by atoms with van der Waals surface area (Å²) in [5, 5.41) is 0. The minimum atomic E-state index is -0.513. The summed E-state index contributed by atoms with van der Waals surface area (Å²) in [5.74, 6) is -0.00163. The first kappa shape index (κ1) is 14.4. The second kappa shape index (κ2) is 6.93. The molecule has 1 atom stereocenters. The number of rotatable bonds is 4. The first-order valence-corrected chi connectivity index (χ1v) is 7.08. The molecule has 1 aromatic carbocycles. The Morgan fingerprint density at radius 3 is 2.40 bits per heavy atom. The number of nitrogens with two attached hydrogens (primary N) is 2. The van der Waals surface area contributed by atoms with E-state index in [9.17, 15) is 4.79 Å². The number of hydrogen-bond acceptors (Lipinski definition) is 2. The molecule has 1 aromatic rings. The second-order valence-electron chi connectivity index (χ2n) is 5.15. The number of amides is 1. The number of hydrogen-bond donors (Lipinski definition) is 2. The van der Waals surface area contributed by atoms with Gasteiger partial charge in [0.05, 0.1) is 0 Å². The van der Waals surface area contributed by atoms with Gasteiger partial charge in [0.15, 0.2) is 5.96 Å². The molecule has 1 fully saturated rings. The Bertz CT molecular complexity index is 462. The molecule has 0 radical (unpaired) electrons. The van der Waals surface area contributed by atoms with Crippen LogP contribution in [0.3, 0.4) is 0 Å². The lowest BCUT2D eigenvalue weighted by Crippen LogP contribution is -2.43. The van der Waals surface area contributed by atoms with Crippen LogP contribution in [0.4, 0.5) is 0 Å². The van der Waals surface area contributed by atoms with E-state index in [2.05, 4.69) is 4.99 Å². The summed E-state index contributed by atoms with van der Waals surface area (Å²) in [6.07, 6.45) is 3.85. The van der Waals surface area contributed by atoms with Crippen molar-refractivity contribution in [3.8, 4) is 0 Å². The lowest BCUT2D eigenvalue weighted by Gasteiger charge is -2.29. The molecule has 5 heteroatoms. The van der Waals surface area contributed by atoms with Crippen molar-refractivity contribution >= 4 is 11.9 Å². The molecule has 0 saturated carbocycles. The highest BCUT2D eigenvalue weighted by Gasteiger charge is 2.25. The van der Waals surface area contributed by atoms with Crippen molar-refractivity contribution in [2.75, 3.05) is 13.1 Å². The van der Waals surface area contributed by atoms with Crippen LogP contribution in [0, 0.1) is 0 Å². The molecule has 1 saturated heterocycles. The van der Waals surface area contributed by atoms with Gasteiger partial charge in [0.25, 0.3) is 0 Å². The van der Waals surface area contributed by atoms with Crippen LogP contribution >= 0.6 is 0 Å². The van der Waals surface area contributed by atoms with Crippen LogP contribution in [-0.2, 0) is 11.2 Å². The second-order valence-corrected chi connectivity index (χ2v) is 5.15. The molecule has 5 nitrogen and oxygen atoms in total. The number of likely N-dealkylation sites (tertiary alicyclic amines) is 1. The summed E-state index contributed by atoms with van der Waals surface area (Å²) in [7, 11) is 0.